The van der Waals surface area contributed by atoms with Crippen LogP contribution in [0.2, 0.25) is 0 Å². The second-order valence-corrected chi connectivity index (χ2v) is 8.50. The molecule has 2 fully saturated rings. The first-order valence-corrected chi connectivity index (χ1v) is 11.1. The minimum absolute atomic E-state index is 0.0448. The molecule has 3 aliphatic heterocycles. The van der Waals surface area contributed by atoms with Gasteiger partial charge in [-0.3, -0.25) is 9.69 Å². The molecule has 0 radical (unpaired) electrons. The average molecular weight is 426 g/mol. The van der Waals surface area contributed by atoms with E-state index in [9.17, 15) is 9.18 Å². The Labute approximate surface area is 182 Å². The number of ether oxygens (including phenoxy) is 2. The van der Waals surface area contributed by atoms with E-state index in [4.69, 9.17) is 9.47 Å². The second-order valence-electron chi connectivity index (χ2n) is 8.50. The maximum absolute atomic E-state index is 14.0. The first kappa shape index (κ1) is 20.1. The van der Waals surface area contributed by atoms with Gasteiger partial charge in [0.05, 0.1) is 5.69 Å². The lowest BCUT2D eigenvalue weighted by Crippen LogP contribution is -2.51. The minimum Gasteiger partial charge on any atom is -0.454 e. The summed E-state index contributed by atoms with van der Waals surface area (Å²) in [6.07, 6.45) is 1.56. The fourth-order valence-electron chi connectivity index (χ4n) is 4.76. The van der Waals surface area contributed by atoms with Gasteiger partial charge in [-0.05, 0) is 42.7 Å². The number of para-hydroxylation sites is 1. The maximum atomic E-state index is 14.0. The number of hydrogen-bond acceptors (Lipinski definition) is 5. The maximum Gasteiger partial charge on any atom is 0.231 e. The van der Waals surface area contributed by atoms with Crippen molar-refractivity contribution < 1.29 is 18.7 Å². The summed E-state index contributed by atoms with van der Waals surface area (Å²) in [5, 5.41) is 0. The lowest BCUT2D eigenvalue weighted by Gasteiger charge is -2.39. The van der Waals surface area contributed by atoms with Crippen molar-refractivity contribution in [2.24, 2.45) is 5.92 Å². The molecule has 6 nitrogen and oxygen atoms in total. The Morgan fingerprint density at radius 1 is 0.935 bits per heavy atom. The molecule has 3 heterocycles. The van der Waals surface area contributed by atoms with E-state index in [0.29, 0.717) is 12.5 Å². The molecule has 0 aliphatic carbocycles. The fraction of sp³-hybridized carbons (Fsp3) is 0.458. The Kier molecular flexibility index (Phi) is 5.68. The van der Waals surface area contributed by atoms with Crippen LogP contribution in [0.5, 0.6) is 11.5 Å². The predicted molar refractivity (Wildman–Crippen MR) is 116 cm³/mol. The van der Waals surface area contributed by atoms with Crippen LogP contribution in [0.15, 0.2) is 42.5 Å². The molecule has 3 aliphatic rings. The number of halogens is 1. The highest BCUT2D eigenvalue weighted by atomic mass is 19.1. The lowest BCUT2D eigenvalue weighted by molar-refractivity contribution is -0.138. The average Bonchev–Trinajstić information content (AvgIpc) is 3.28. The molecule has 2 aromatic carbocycles. The summed E-state index contributed by atoms with van der Waals surface area (Å²) in [5.74, 6) is 1.73. The van der Waals surface area contributed by atoms with E-state index in [1.54, 1.807) is 6.07 Å². The molecule has 1 amide bonds. The van der Waals surface area contributed by atoms with E-state index in [1.807, 2.05) is 29.2 Å². The third-order valence-corrected chi connectivity index (χ3v) is 6.56. The molecule has 5 rings (SSSR count). The summed E-state index contributed by atoms with van der Waals surface area (Å²) in [6, 6.07) is 13.0. The Hall–Kier alpha value is -2.80. The van der Waals surface area contributed by atoms with Gasteiger partial charge in [-0.15, -0.1) is 0 Å². The van der Waals surface area contributed by atoms with Crippen molar-refractivity contribution in [3.8, 4) is 11.5 Å². The van der Waals surface area contributed by atoms with E-state index < -0.39 is 0 Å². The van der Waals surface area contributed by atoms with Crippen LogP contribution in [0, 0.1) is 11.7 Å². The third kappa shape index (κ3) is 4.32. The van der Waals surface area contributed by atoms with Gasteiger partial charge in [0.25, 0.3) is 0 Å². The zero-order valence-electron chi connectivity index (χ0n) is 17.6. The summed E-state index contributed by atoms with van der Waals surface area (Å²) in [4.78, 5) is 19.5. The summed E-state index contributed by atoms with van der Waals surface area (Å²) in [7, 11) is 0. The van der Waals surface area contributed by atoms with E-state index >= 15 is 0 Å². The molecule has 7 heteroatoms. The molecule has 0 spiro atoms. The molecule has 0 unspecified atom stereocenters. The molecule has 2 saturated heterocycles. The van der Waals surface area contributed by atoms with Crippen molar-refractivity contribution >= 4 is 11.6 Å². The highest BCUT2D eigenvalue weighted by Crippen LogP contribution is 2.33. The Bertz CT molecular complexity index is 937. The molecule has 0 bridgehead atoms. The summed E-state index contributed by atoms with van der Waals surface area (Å²) < 4.78 is 24.9. The molecular weight excluding hydrogens is 397 g/mol. The van der Waals surface area contributed by atoms with Crippen LogP contribution >= 0.6 is 0 Å². The van der Waals surface area contributed by atoms with Gasteiger partial charge in [0, 0.05) is 51.7 Å². The van der Waals surface area contributed by atoms with Gasteiger partial charge >= 0.3 is 0 Å². The molecule has 0 atom stereocenters. The van der Waals surface area contributed by atoms with E-state index in [0.717, 1.165) is 70.2 Å². The number of benzene rings is 2. The number of rotatable bonds is 4. The monoisotopic (exact) mass is 425 g/mol. The number of nitrogens with zero attached hydrogens (tertiary/aromatic N) is 3. The normalized spacial score (nSPS) is 19.6. The zero-order valence-corrected chi connectivity index (χ0v) is 17.6. The SMILES string of the molecule is O=C(C1CCN(c2ccccc2F)CC1)N1CCN(Cc2ccc3c(c2)OCO3)CC1. The summed E-state index contributed by atoms with van der Waals surface area (Å²) in [6.45, 7) is 5.84. The largest absolute Gasteiger partial charge is 0.454 e. The van der Waals surface area contributed by atoms with Gasteiger partial charge in [0.1, 0.15) is 5.82 Å². The number of carbonyl (C=O) groups excluding carboxylic acids is 1. The molecular formula is C24H28FN3O3. The van der Waals surface area contributed by atoms with E-state index in [-0.39, 0.29) is 17.6 Å². The van der Waals surface area contributed by atoms with Crippen molar-refractivity contribution in [1.29, 1.82) is 0 Å². The molecule has 164 valence electrons. The Morgan fingerprint density at radius 3 is 2.45 bits per heavy atom. The smallest absolute Gasteiger partial charge is 0.231 e. The summed E-state index contributed by atoms with van der Waals surface area (Å²) in [5.41, 5.74) is 1.84. The number of carbonyl (C=O) groups is 1. The van der Waals surface area contributed by atoms with Gasteiger partial charge < -0.3 is 19.3 Å². The molecule has 2 aromatic rings. The van der Waals surface area contributed by atoms with Crippen molar-refractivity contribution in [2.75, 3.05) is 51.0 Å². The van der Waals surface area contributed by atoms with E-state index in [2.05, 4.69) is 15.9 Å². The summed E-state index contributed by atoms with van der Waals surface area (Å²) >= 11 is 0. The van der Waals surface area contributed by atoms with Gasteiger partial charge in [-0.2, -0.15) is 0 Å². The Balaban J connectivity index is 1.10. The van der Waals surface area contributed by atoms with Crippen LogP contribution in [-0.4, -0.2) is 61.8 Å². The number of piperazine rings is 1. The number of fused-ring (bicyclic) bond motifs is 1. The number of hydrogen-bond donors (Lipinski definition) is 0. The van der Waals surface area contributed by atoms with Crippen molar-refractivity contribution in [3.63, 3.8) is 0 Å². The van der Waals surface area contributed by atoms with Gasteiger partial charge in [-0.25, -0.2) is 4.39 Å². The molecule has 31 heavy (non-hydrogen) atoms. The standard InChI is InChI=1S/C24H28FN3O3/c25-20-3-1-2-4-21(20)27-9-7-19(8-10-27)24(29)28-13-11-26(12-14-28)16-18-5-6-22-23(15-18)31-17-30-22/h1-6,15,19H,7-14,16-17H2. The molecule has 0 aromatic heterocycles. The van der Waals surface area contributed by atoms with E-state index in [1.165, 1.54) is 11.6 Å². The minimum atomic E-state index is -0.189. The first-order valence-electron chi connectivity index (χ1n) is 11.1. The molecule has 0 N–H and O–H groups in total. The topological polar surface area (TPSA) is 45.3 Å². The fourth-order valence-corrected chi connectivity index (χ4v) is 4.76. The van der Waals surface area contributed by atoms with Crippen molar-refractivity contribution in [1.82, 2.24) is 9.80 Å². The quantitative estimate of drug-likeness (QED) is 0.753. The number of anilines is 1. The molecule has 0 saturated carbocycles. The highest BCUT2D eigenvalue weighted by molar-refractivity contribution is 5.79. The predicted octanol–water partition coefficient (Wildman–Crippen LogP) is 3.12. The van der Waals surface area contributed by atoms with Crippen molar-refractivity contribution in [2.45, 2.75) is 19.4 Å². The van der Waals surface area contributed by atoms with Crippen molar-refractivity contribution in [3.05, 3.63) is 53.8 Å². The lowest BCUT2D eigenvalue weighted by atomic mass is 9.94. The van der Waals surface area contributed by atoms with Gasteiger partial charge in [0.15, 0.2) is 11.5 Å². The highest BCUT2D eigenvalue weighted by Gasteiger charge is 2.31. The van der Waals surface area contributed by atoms with Crippen LogP contribution < -0.4 is 14.4 Å². The van der Waals surface area contributed by atoms with Crippen LogP contribution in [0.4, 0.5) is 10.1 Å². The third-order valence-electron chi connectivity index (χ3n) is 6.56. The van der Waals surface area contributed by atoms with Gasteiger partial charge in [0.2, 0.25) is 12.7 Å². The Morgan fingerprint density at radius 2 is 1.68 bits per heavy atom. The van der Waals surface area contributed by atoms with Crippen LogP contribution in [-0.2, 0) is 11.3 Å². The first-order chi connectivity index (χ1) is 15.2. The number of piperidine rings is 1. The van der Waals surface area contributed by atoms with Crippen LogP contribution in [0.1, 0.15) is 18.4 Å². The second kappa shape index (κ2) is 8.75. The van der Waals surface area contributed by atoms with Crippen LogP contribution in [0.3, 0.4) is 0 Å². The van der Waals surface area contributed by atoms with Crippen LogP contribution in [0.25, 0.3) is 0 Å². The number of amides is 1. The zero-order chi connectivity index (χ0) is 21.2. The van der Waals surface area contributed by atoms with Gasteiger partial charge in [-0.1, -0.05) is 18.2 Å².